The van der Waals surface area contributed by atoms with Crippen LogP contribution < -0.4 is 11.1 Å². The van der Waals surface area contributed by atoms with Crippen LogP contribution in [0.2, 0.25) is 0 Å². The minimum Gasteiger partial charge on any atom is -0.366 e. The van der Waals surface area contributed by atoms with Gasteiger partial charge in [0.15, 0.2) is 0 Å². The van der Waals surface area contributed by atoms with Crippen molar-refractivity contribution in [2.45, 2.75) is 11.4 Å². The van der Waals surface area contributed by atoms with Gasteiger partial charge < -0.3 is 11.1 Å². The summed E-state index contributed by atoms with van der Waals surface area (Å²) in [5.41, 5.74) is 7.47. The summed E-state index contributed by atoms with van der Waals surface area (Å²) in [7, 11) is -3.47. The molecule has 1 aliphatic heterocycles. The van der Waals surface area contributed by atoms with Crippen molar-refractivity contribution in [2.24, 2.45) is 5.73 Å². The van der Waals surface area contributed by atoms with E-state index in [-0.39, 0.29) is 11.5 Å². The van der Waals surface area contributed by atoms with Crippen molar-refractivity contribution in [1.29, 1.82) is 0 Å². The number of anilines is 1. The number of piperazine rings is 1. The summed E-state index contributed by atoms with van der Waals surface area (Å²) >= 11 is 0. The molecule has 0 atom stereocenters. The molecule has 1 saturated heterocycles. The molecule has 0 aliphatic carbocycles. The van der Waals surface area contributed by atoms with E-state index in [1.807, 2.05) is 12.1 Å². The summed E-state index contributed by atoms with van der Waals surface area (Å²) in [4.78, 5) is 26.7. The summed E-state index contributed by atoms with van der Waals surface area (Å²) in [5, 5.41) is 2.73. The third kappa shape index (κ3) is 5.33. The third-order valence-electron chi connectivity index (χ3n) is 5.78. The van der Waals surface area contributed by atoms with Crippen LogP contribution in [0.3, 0.4) is 0 Å². The van der Waals surface area contributed by atoms with Gasteiger partial charge in [0.2, 0.25) is 10.0 Å². The van der Waals surface area contributed by atoms with E-state index < -0.39 is 15.9 Å². The van der Waals surface area contributed by atoms with Gasteiger partial charge in [0, 0.05) is 38.3 Å². The Morgan fingerprint density at radius 3 is 2.09 bits per heavy atom. The number of hydrogen-bond acceptors (Lipinski definition) is 5. The molecule has 0 spiro atoms. The van der Waals surface area contributed by atoms with E-state index in [4.69, 9.17) is 5.73 Å². The van der Waals surface area contributed by atoms with Gasteiger partial charge >= 0.3 is 0 Å². The molecule has 0 aromatic heterocycles. The fourth-order valence-electron chi connectivity index (χ4n) is 3.89. The zero-order valence-corrected chi connectivity index (χ0v) is 19.4. The number of carbonyl (C=O) groups excluding carboxylic acids is 2. The highest BCUT2D eigenvalue weighted by molar-refractivity contribution is 7.89. The molecule has 3 N–H and O–H groups in total. The Morgan fingerprint density at radius 1 is 0.824 bits per heavy atom. The van der Waals surface area contributed by atoms with Crippen molar-refractivity contribution in [2.75, 3.05) is 31.5 Å². The van der Waals surface area contributed by atoms with Gasteiger partial charge in [0.25, 0.3) is 11.8 Å². The van der Waals surface area contributed by atoms with E-state index in [2.05, 4.69) is 10.2 Å². The number of primary amides is 1. The second-order valence-corrected chi connectivity index (χ2v) is 9.99. The minimum atomic E-state index is -3.47. The van der Waals surface area contributed by atoms with Crippen LogP contribution in [-0.4, -0.2) is 55.6 Å². The molecule has 0 unspecified atom stereocenters. The molecule has 34 heavy (non-hydrogen) atoms. The quantitative estimate of drug-likeness (QED) is 0.542. The fraction of sp³-hybridized carbons (Fsp3) is 0.200. The predicted molar refractivity (Wildman–Crippen MR) is 130 cm³/mol. The van der Waals surface area contributed by atoms with Gasteiger partial charge in [-0.05, 0) is 42.0 Å². The van der Waals surface area contributed by atoms with Crippen LogP contribution in [0.15, 0.2) is 83.8 Å². The van der Waals surface area contributed by atoms with Crippen molar-refractivity contribution in [3.8, 4) is 0 Å². The lowest BCUT2D eigenvalue weighted by Crippen LogP contribution is -2.48. The standard InChI is InChI=1S/C25H26N4O4S/c26-24(30)22-8-4-5-9-23(22)27-25(31)20-12-10-19(11-13-20)18-28-14-16-29(17-15-28)34(32,33)21-6-2-1-3-7-21/h1-13H,14-18H2,(H2,26,30)(H,27,31). The maximum Gasteiger partial charge on any atom is 0.255 e. The number of nitrogens with zero attached hydrogens (tertiary/aromatic N) is 2. The SMILES string of the molecule is NC(=O)c1ccccc1NC(=O)c1ccc(CN2CCN(S(=O)(=O)c3ccccc3)CC2)cc1. The normalized spacial score (nSPS) is 15.1. The Hall–Kier alpha value is -3.53. The molecule has 3 aromatic carbocycles. The number of hydrogen-bond donors (Lipinski definition) is 2. The monoisotopic (exact) mass is 478 g/mol. The van der Waals surface area contributed by atoms with Crippen LogP contribution in [0.4, 0.5) is 5.69 Å². The summed E-state index contributed by atoms with van der Waals surface area (Å²) in [5.74, 6) is -0.942. The van der Waals surface area contributed by atoms with E-state index in [0.29, 0.717) is 48.9 Å². The molecule has 176 valence electrons. The number of carbonyl (C=O) groups is 2. The van der Waals surface area contributed by atoms with Crippen molar-refractivity contribution >= 4 is 27.5 Å². The number of benzene rings is 3. The first-order valence-corrected chi connectivity index (χ1v) is 12.4. The maximum absolute atomic E-state index is 12.8. The number of nitrogens with one attached hydrogen (secondary N) is 1. The van der Waals surface area contributed by atoms with Crippen LogP contribution in [-0.2, 0) is 16.6 Å². The molecule has 4 rings (SSSR count). The first-order valence-electron chi connectivity index (χ1n) is 10.9. The van der Waals surface area contributed by atoms with Gasteiger partial charge in [0.05, 0.1) is 16.1 Å². The molecule has 0 radical (unpaired) electrons. The van der Waals surface area contributed by atoms with E-state index in [1.54, 1.807) is 66.7 Å². The third-order valence-corrected chi connectivity index (χ3v) is 7.69. The maximum atomic E-state index is 12.8. The lowest BCUT2D eigenvalue weighted by atomic mass is 10.1. The lowest BCUT2D eigenvalue weighted by molar-refractivity contribution is 0.100. The Kier molecular flexibility index (Phi) is 7.06. The summed E-state index contributed by atoms with van der Waals surface area (Å²) in [6.45, 7) is 2.76. The summed E-state index contributed by atoms with van der Waals surface area (Å²) < 4.78 is 27.1. The van der Waals surface area contributed by atoms with Gasteiger partial charge in [0.1, 0.15) is 0 Å². The summed E-state index contributed by atoms with van der Waals surface area (Å²) in [6.07, 6.45) is 0. The molecule has 1 fully saturated rings. The van der Waals surface area contributed by atoms with Crippen LogP contribution in [0.25, 0.3) is 0 Å². The predicted octanol–water partition coefficient (Wildman–Crippen LogP) is 2.54. The fourth-order valence-corrected chi connectivity index (χ4v) is 5.33. The molecule has 2 amide bonds. The summed E-state index contributed by atoms with van der Waals surface area (Å²) in [6, 6.07) is 22.3. The van der Waals surface area contributed by atoms with Crippen LogP contribution in [0.1, 0.15) is 26.3 Å². The molecular formula is C25H26N4O4S. The zero-order valence-electron chi connectivity index (χ0n) is 18.6. The van der Waals surface area contributed by atoms with Crippen LogP contribution >= 0.6 is 0 Å². The van der Waals surface area contributed by atoms with Gasteiger partial charge in [-0.2, -0.15) is 4.31 Å². The second kappa shape index (κ2) is 10.2. The van der Waals surface area contributed by atoms with E-state index in [9.17, 15) is 18.0 Å². The van der Waals surface area contributed by atoms with Crippen molar-refractivity contribution in [3.63, 3.8) is 0 Å². The largest absolute Gasteiger partial charge is 0.366 e. The minimum absolute atomic E-state index is 0.251. The van der Waals surface area contributed by atoms with E-state index in [1.165, 1.54) is 4.31 Å². The molecule has 9 heteroatoms. The number of nitrogens with two attached hydrogens (primary N) is 1. The topological polar surface area (TPSA) is 113 Å². The number of sulfonamides is 1. The molecule has 1 aliphatic rings. The van der Waals surface area contributed by atoms with Crippen molar-refractivity contribution in [3.05, 3.63) is 95.6 Å². The first-order chi connectivity index (χ1) is 16.3. The first kappa shape index (κ1) is 23.6. The highest BCUT2D eigenvalue weighted by Gasteiger charge is 2.28. The Balaban J connectivity index is 1.33. The van der Waals surface area contributed by atoms with E-state index in [0.717, 1.165) is 5.56 Å². The van der Waals surface area contributed by atoms with Crippen molar-refractivity contribution in [1.82, 2.24) is 9.21 Å². The molecular weight excluding hydrogens is 452 g/mol. The van der Waals surface area contributed by atoms with Gasteiger partial charge in [-0.15, -0.1) is 0 Å². The second-order valence-electron chi connectivity index (χ2n) is 8.05. The molecule has 1 heterocycles. The molecule has 3 aromatic rings. The zero-order chi connectivity index (χ0) is 24.1. The number of para-hydroxylation sites is 1. The average molecular weight is 479 g/mol. The molecule has 0 bridgehead atoms. The van der Waals surface area contributed by atoms with Crippen LogP contribution in [0.5, 0.6) is 0 Å². The van der Waals surface area contributed by atoms with Crippen LogP contribution in [0, 0.1) is 0 Å². The van der Waals surface area contributed by atoms with Gasteiger partial charge in [-0.25, -0.2) is 8.42 Å². The molecule has 8 nitrogen and oxygen atoms in total. The lowest BCUT2D eigenvalue weighted by Gasteiger charge is -2.34. The Labute approximate surface area is 199 Å². The molecule has 0 saturated carbocycles. The van der Waals surface area contributed by atoms with Gasteiger partial charge in [-0.3, -0.25) is 14.5 Å². The Morgan fingerprint density at radius 2 is 1.44 bits per heavy atom. The number of amides is 2. The highest BCUT2D eigenvalue weighted by Crippen LogP contribution is 2.19. The van der Waals surface area contributed by atoms with Crippen molar-refractivity contribution < 1.29 is 18.0 Å². The highest BCUT2D eigenvalue weighted by atomic mass is 32.2. The van der Waals surface area contributed by atoms with Gasteiger partial charge in [-0.1, -0.05) is 42.5 Å². The average Bonchev–Trinajstić information content (AvgIpc) is 2.85. The number of rotatable bonds is 7. The Bertz CT molecular complexity index is 1270. The smallest absolute Gasteiger partial charge is 0.255 e. The van der Waals surface area contributed by atoms with E-state index >= 15 is 0 Å².